The standard InChI is InChI=1S/C19H21BrN2O2/c1-2-3-4-13-21-18(23)14-5-7-15(8-6-14)19(24)22-17-11-9-16(20)10-12-17/h5-12H,2-4,13H2,1H3,(H,21,23)(H,22,24). The van der Waals surface area contributed by atoms with E-state index < -0.39 is 0 Å². The molecule has 0 aromatic heterocycles. The van der Waals surface area contributed by atoms with Gasteiger partial charge in [0, 0.05) is 27.8 Å². The van der Waals surface area contributed by atoms with Crippen molar-refractivity contribution in [2.75, 3.05) is 11.9 Å². The van der Waals surface area contributed by atoms with E-state index in [1.165, 1.54) is 0 Å². The molecule has 5 heteroatoms. The number of hydrogen-bond acceptors (Lipinski definition) is 2. The van der Waals surface area contributed by atoms with E-state index in [4.69, 9.17) is 0 Å². The maximum atomic E-state index is 12.2. The Morgan fingerprint density at radius 3 is 2.04 bits per heavy atom. The Bertz CT molecular complexity index is 682. The average Bonchev–Trinajstić information content (AvgIpc) is 2.60. The fraction of sp³-hybridized carbons (Fsp3) is 0.263. The second-order valence-electron chi connectivity index (χ2n) is 5.50. The van der Waals surface area contributed by atoms with E-state index in [1.54, 1.807) is 24.3 Å². The van der Waals surface area contributed by atoms with Gasteiger partial charge in [0.25, 0.3) is 11.8 Å². The number of halogens is 1. The van der Waals surface area contributed by atoms with E-state index in [1.807, 2.05) is 24.3 Å². The zero-order chi connectivity index (χ0) is 17.4. The van der Waals surface area contributed by atoms with Gasteiger partial charge in [-0.2, -0.15) is 0 Å². The summed E-state index contributed by atoms with van der Waals surface area (Å²) in [6.45, 7) is 2.80. The third-order valence-electron chi connectivity index (χ3n) is 3.58. The van der Waals surface area contributed by atoms with Crippen molar-refractivity contribution in [3.05, 3.63) is 64.1 Å². The minimum Gasteiger partial charge on any atom is -0.352 e. The Hall–Kier alpha value is -2.14. The van der Waals surface area contributed by atoms with E-state index in [0.717, 1.165) is 29.4 Å². The van der Waals surface area contributed by atoms with Crippen LogP contribution in [-0.2, 0) is 0 Å². The third-order valence-corrected chi connectivity index (χ3v) is 4.11. The highest BCUT2D eigenvalue weighted by Crippen LogP contribution is 2.15. The Morgan fingerprint density at radius 2 is 1.46 bits per heavy atom. The van der Waals surface area contributed by atoms with Crippen LogP contribution in [0.1, 0.15) is 46.9 Å². The van der Waals surface area contributed by atoms with Gasteiger partial charge in [0.2, 0.25) is 0 Å². The number of nitrogens with one attached hydrogen (secondary N) is 2. The van der Waals surface area contributed by atoms with Gasteiger partial charge in [0.05, 0.1) is 0 Å². The van der Waals surface area contributed by atoms with Crippen molar-refractivity contribution in [1.29, 1.82) is 0 Å². The molecule has 0 aliphatic rings. The molecule has 0 saturated heterocycles. The molecule has 24 heavy (non-hydrogen) atoms. The first-order chi connectivity index (χ1) is 11.6. The number of carbonyl (C=O) groups is 2. The lowest BCUT2D eigenvalue weighted by atomic mass is 10.1. The normalized spacial score (nSPS) is 10.2. The summed E-state index contributed by atoms with van der Waals surface area (Å²) in [6.07, 6.45) is 3.21. The van der Waals surface area contributed by atoms with Gasteiger partial charge >= 0.3 is 0 Å². The Labute approximate surface area is 150 Å². The van der Waals surface area contributed by atoms with Crippen molar-refractivity contribution in [2.24, 2.45) is 0 Å². The van der Waals surface area contributed by atoms with Crippen LogP contribution in [0.4, 0.5) is 5.69 Å². The van der Waals surface area contributed by atoms with Crippen molar-refractivity contribution in [2.45, 2.75) is 26.2 Å². The summed E-state index contributed by atoms with van der Waals surface area (Å²) in [5, 5.41) is 5.71. The zero-order valence-electron chi connectivity index (χ0n) is 13.6. The largest absolute Gasteiger partial charge is 0.352 e. The van der Waals surface area contributed by atoms with Gasteiger partial charge in [-0.3, -0.25) is 9.59 Å². The summed E-state index contributed by atoms with van der Waals surface area (Å²) in [6, 6.07) is 14.0. The van der Waals surface area contributed by atoms with Crippen LogP contribution in [0, 0.1) is 0 Å². The van der Waals surface area contributed by atoms with Crippen LogP contribution in [0.5, 0.6) is 0 Å². The number of benzene rings is 2. The Morgan fingerprint density at radius 1 is 0.875 bits per heavy atom. The van der Waals surface area contributed by atoms with E-state index in [9.17, 15) is 9.59 Å². The molecule has 0 aliphatic heterocycles. The number of hydrogen-bond donors (Lipinski definition) is 2. The maximum absolute atomic E-state index is 12.2. The predicted octanol–water partition coefficient (Wildman–Crippen LogP) is 4.62. The second-order valence-corrected chi connectivity index (χ2v) is 6.42. The Balaban J connectivity index is 1.92. The first-order valence-corrected chi connectivity index (χ1v) is 8.84. The number of anilines is 1. The van der Waals surface area contributed by atoms with E-state index in [-0.39, 0.29) is 11.8 Å². The first kappa shape index (κ1) is 18.2. The van der Waals surface area contributed by atoms with Crippen LogP contribution in [0.3, 0.4) is 0 Å². The van der Waals surface area contributed by atoms with Crippen molar-refractivity contribution >= 4 is 33.4 Å². The van der Waals surface area contributed by atoms with Crippen LogP contribution >= 0.6 is 15.9 Å². The molecule has 2 N–H and O–H groups in total. The molecule has 0 saturated carbocycles. The molecule has 0 unspecified atom stereocenters. The van der Waals surface area contributed by atoms with Gasteiger partial charge in [-0.15, -0.1) is 0 Å². The smallest absolute Gasteiger partial charge is 0.255 e. The van der Waals surface area contributed by atoms with E-state index in [2.05, 4.69) is 33.5 Å². The van der Waals surface area contributed by atoms with Gasteiger partial charge in [0.15, 0.2) is 0 Å². The summed E-state index contributed by atoms with van der Waals surface area (Å²) in [7, 11) is 0. The molecule has 0 spiro atoms. The molecular weight excluding hydrogens is 368 g/mol. The molecule has 2 aromatic carbocycles. The molecule has 0 heterocycles. The molecule has 4 nitrogen and oxygen atoms in total. The second kappa shape index (κ2) is 9.23. The fourth-order valence-electron chi connectivity index (χ4n) is 2.19. The van der Waals surface area contributed by atoms with Crippen LogP contribution in [0.2, 0.25) is 0 Å². The van der Waals surface area contributed by atoms with Crippen molar-refractivity contribution in [3.63, 3.8) is 0 Å². The number of rotatable bonds is 7. The molecule has 0 bridgehead atoms. The lowest BCUT2D eigenvalue weighted by Crippen LogP contribution is -2.24. The number of amides is 2. The minimum atomic E-state index is -0.202. The van der Waals surface area contributed by atoms with Crippen molar-refractivity contribution in [3.8, 4) is 0 Å². The topological polar surface area (TPSA) is 58.2 Å². The summed E-state index contributed by atoms with van der Waals surface area (Å²) in [5.41, 5.74) is 1.80. The molecule has 0 aliphatic carbocycles. The Kier molecular flexibility index (Phi) is 7.00. The quantitative estimate of drug-likeness (QED) is 0.679. The van der Waals surface area contributed by atoms with Gasteiger partial charge in [0.1, 0.15) is 0 Å². The molecule has 2 aromatic rings. The van der Waals surface area contributed by atoms with Gasteiger partial charge in [-0.1, -0.05) is 35.7 Å². The van der Waals surface area contributed by atoms with E-state index >= 15 is 0 Å². The van der Waals surface area contributed by atoms with Crippen molar-refractivity contribution < 1.29 is 9.59 Å². The molecule has 2 rings (SSSR count). The van der Waals surface area contributed by atoms with Crippen LogP contribution in [-0.4, -0.2) is 18.4 Å². The fourth-order valence-corrected chi connectivity index (χ4v) is 2.45. The highest BCUT2D eigenvalue weighted by Gasteiger charge is 2.09. The lowest BCUT2D eigenvalue weighted by molar-refractivity contribution is 0.0951. The molecule has 126 valence electrons. The summed E-state index contributed by atoms with van der Waals surface area (Å²) < 4.78 is 0.954. The van der Waals surface area contributed by atoms with Crippen LogP contribution < -0.4 is 10.6 Å². The molecular formula is C19H21BrN2O2. The van der Waals surface area contributed by atoms with Crippen LogP contribution in [0.15, 0.2) is 53.0 Å². The average molecular weight is 389 g/mol. The molecule has 0 fully saturated rings. The van der Waals surface area contributed by atoms with Gasteiger partial charge in [-0.25, -0.2) is 0 Å². The SMILES string of the molecule is CCCCCNC(=O)c1ccc(C(=O)Nc2ccc(Br)cc2)cc1. The molecule has 0 atom stereocenters. The highest BCUT2D eigenvalue weighted by molar-refractivity contribution is 9.10. The summed E-state index contributed by atoms with van der Waals surface area (Å²) in [5.74, 6) is -0.307. The minimum absolute atomic E-state index is 0.106. The van der Waals surface area contributed by atoms with Gasteiger partial charge < -0.3 is 10.6 Å². The van der Waals surface area contributed by atoms with Gasteiger partial charge in [-0.05, 0) is 55.0 Å². The monoisotopic (exact) mass is 388 g/mol. The number of unbranched alkanes of at least 4 members (excludes halogenated alkanes) is 2. The highest BCUT2D eigenvalue weighted by atomic mass is 79.9. The summed E-state index contributed by atoms with van der Waals surface area (Å²) >= 11 is 3.35. The maximum Gasteiger partial charge on any atom is 0.255 e. The predicted molar refractivity (Wildman–Crippen MR) is 100 cm³/mol. The number of carbonyl (C=O) groups excluding carboxylic acids is 2. The first-order valence-electron chi connectivity index (χ1n) is 8.05. The zero-order valence-corrected chi connectivity index (χ0v) is 15.2. The van der Waals surface area contributed by atoms with Crippen LogP contribution in [0.25, 0.3) is 0 Å². The summed E-state index contributed by atoms with van der Waals surface area (Å²) in [4.78, 5) is 24.2. The molecule has 2 amide bonds. The molecule has 0 radical (unpaired) electrons. The van der Waals surface area contributed by atoms with Crippen molar-refractivity contribution in [1.82, 2.24) is 5.32 Å². The lowest BCUT2D eigenvalue weighted by Gasteiger charge is -2.07. The van der Waals surface area contributed by atoms with E-state index in [0.29, 0.717) is 17.7 Å². The third kappa shape index (κ3) is 5.49.